The quantitative estimate of drug-likeness (QED) is 0.252. The molecule has 0 aliphatic heterocycles. The van der Waals surface area contributed by atoms with Crippen molar-refractivity contribution in [3.8, 4) is 11.4 Å². The Hall–Kier alpha value is -2.67. The van der Waals surface area contributed by atoms with Crippen LogP contribution in [-0.4, -0.2) is 35.9 Å². The number of rotatable bonds is 8. The first kappa shape index (κ1) is 22.5. The highest BCUT2D eigenvalue weighted by Crippen LogP contribution is 2.39. The lowest BCUT2D eigenvalue weighted by molar-refractivity contribution is 0.102. The molecule has 0 saturated heterocycles. The number of aryl methyl sites for hydroxylation is 1. The largest absolute Gasteiger partial charge is 0.345 e. The van der Waals surface area contributed by atoms with Crippen LogP contribution in [-0.2, 0) is 6.54 Å². The highest BCUT2D eigenvalue weighted by atomic mass is 32.2. The van der Waals surface area contributed by atoms with Gasteiger partial charge in [-0.15, -0.1) is 16.8 Å². The number of nitrogens with zero attached hydrogens (tertiary/aromatic N) is 5. The lowest BCUT2D eigenvalue weighted by Crippen LogP contribution is -2.22. The molecule has 7 heteroatoms. The van der Waals surface area contributed by atoms with E-state index in [-0.39, 0.29) is 5.78 Å². The van der Waals surface area contributed by atoms with Crippen LogP contribution in [0.1, 0.15) is 60.4 Å². The van der Waals surface area contributed by atoms with E-state index in [0.29, 0.717) is 24.3 Å². The van der Waals surface area contributed by atoms with Crippen LogP contribution < -0.4 is 0 Å². The van der Waals surface area contributed by atoms with Gasteiger partial charge in [0.15, 0.2) is 16.8 Å². The van der Waals surface area contributed by atoms with Gasteiger partial charge in [-0.2, -0.15) is 0 Å². The Morgan fingerprint density at radius 2 is 2.09 bits per heavy atom. The molecule has 1 aliphatic carbocycles. The monoisotopic (exact) mass is 449 g/mol. The minimum Gasteiger partial charge on any atom is -0.345 e. The summed E-state index contributed by atoms with van der Waals surface area (Å²) in [5.41, 5.74) is 3.81. The molecule has 32 heavy (non-hydrogen) atoms. The summed E-state index contributed by atoms with van der Waals surface area (Å²) < 4.78 is 4.39. The minimum atomic E-state index is 0.118. The molecule has 4 rings (SSSR count). The minimum absolute atomic E-state index is 0.118. The van der Waals surface area contributed by atoms with Gasteiger partial charge in [0.05, 0.1) is 5.75 Å². The van der Waals surface area contributed by atoms with Gasteiger partial charge in [0.2, 0.25) is 0 Å². The average Bonchev–Trinajstić information content (AvgIpc) is 3.35. The molecular weight excluding hydrogens is 418 g/mol. The maximum Gasteiger partial charge on any atom is 0.192 e. The number of aromatic nitrogens is 5. The van der Waals surface area contributed by atoms with Gasteiger partial charge in [0, 0.05) is 47.5 Å². The zero-order valence-electron chi connectivity index (χ0n) is 19.1. The molecule has 0 amide bonds. The molecule has 3 heterocycles. The van der Waals surface area contributed by atoms with Gasteiger partial charge in [-0.1, -0.05) is 37.6 Å². The van der Waals surface area contributed by atoms with Crippen LogP contribution in [0.25, 0.3) is 11.4 Å². The standard InChI is InChI=1S/C25H31N5OS/c1-5-13-29-18(3)14-21(19(29)4)23(31)16-32-25-28-27-24(20-10-8-12-26-15-20)30(25)22-11-7-6-9-17(22)2/h5,8,10,12,14-15,17,22H,1,6-7,9,11,13,16H2,2-4H3/t17-,22-/m1/s1. The molecule has 1 aliphatic rings. The second-order valence-electron chi connectivity index (χ2n) is 8.64. The maximum atomic E-state index is 13.1. The van der Waals surface area contributed by atoms with Crippen molar-refractivity contribution in [3.63, 3.8) is 0 Å². The molecule has 0 N–H and O–H groups in total. The van der Waals surface area contributed by atoms with Gasteiger partial charge < -0.3 is 4.57 Å². The second-order valence-corrected chi connectivity index (χ2v) is 9.59. The first-order valence-corrected chi connectivity index (χ1v) is 12.3. The van der Waals surface area contributed by atoms with Gasteiger partial charge in [0.25, 0.3) is 0 Å². The second kappa shape index (κ2) is 9.86. The Balaban J connectivity index is 1.61. The number of allylic oxidation sites excluding steroid dienone is 1. The average molecular weight is 450 g/mol. The fraction of sp³-hybridized carbons (Fsp3) is 0.440. The summed E-state index contributed by atoms with van der Waals surface area (Å²) in [6.07, 6.45) is 10.2. The lowest BCUT2D eigenvalue weighted by atomic mass is 9.85. The van der Waals surface area contributed by atoms with E-state index >= 15 is 0 Å². The molecule has 168 valence electrons. The summed E-state index contributed by atoms with van der Waals surface area (Å²) >= 11 is 1.49. The summed E-state index contributed by atoms with van der Waals surface area (Å²) in [5.74, 6) is 1.84. The number of ketones is 1. The van der Waals surface area contributed by atoms with E-state index in [9.17, 15) is 4.79 Å². The molecule has 1 saturated carbocycles. The van der Waals surface area contributed by atoms with Gasteiger partial charge in [0.1, 0.15) is 0 Å². The highest BCUT2D eigenvalue weighted by molar-refractivity contribution is 7.99. The molecule has 6 nitrogen and oxygen atoms in total. The predicted molar refractivity (Wildman–Crippen MR) is 129 cm³/mol. The van der Waals surface area contributed by atoms with Gasteiger partial charge in [-0.25, -0.2) is 0 Å². The Kier molecular flexibility index (Phi) is 6.94. The molecular formula is C25H31N5OS. The Labute approximate surface area is 194 Å². The zero-order chi connectivity index (χ0) is 22.7. The van der Waals surface area contributed by atoms with Gasteiger partial charge in [-0.05, 0) is 50.8 Å². The number of thioether (sulfide) groups is 1. The van der Waals surface area contributed by atoms with E-state index in [4.69, 9.17) is 0 Å². The van der Waals surface area contributed by atoms with Crippen molar-refractivity contribution in [2.45, 2.75) is 64.2 Å². The van der Waals surface area contributed by atoms with Crippen molar-refractivity contribution in [2.75, 3.05) is 5.75 Å². The molecule has 3 aromatic rings. The summed E-state index contributed by atoms with van der Waals surface area (Å²) in [7, 11) is 0. The van der Waals surface area contributed by atoms with Crippen LogP contribution in [0.4, 0.5) is 0 Å². The van der Waals surface area contributed by atoms with E-state index in [0.717, 1.165) is 39.9 Å². The normalized spacial score (nSPS) is 18.6. The smallest absolute Gasteiger partial charge is 0.192 e. The summed E-state index contributed by atoms with van der Waals surface area (Å²) in [6.45, 7) is 10.9. The van der Waals surface area contributed by atoms with Crippen LogP contribution >= 0.6 is 11.8 Å². The maximum absolute atomic E-state index is 13.1. The first-order chi connectivity index (χ1) is 15.5. The van der Waals surface area contributed by atoms with E-state index in [2.05, 4.69) is 37.8 Å². The van der Waals surface area contributed by atoms with Crippen molar-refractivity contribution in [2.24, 2.45) is 5.92 Å². The van der Waals surface area contributed by atoms with E-state index in [1.807, 2.05) is 44.3 Å². The third kappa shape index (κ3) is 4.44. The number of pyridine rings is 1. The predicted octanol–water partition coefficient (Wildman–Crippen LogP) is 5.67. The van der Waals surface area contributed by atoms with Crippen molar-refractivity contribution in [1.82, 2.24) is 24.3 Å². The van der Waals surface area contributed by atoms with Gasteiger partial charge in [-0.3, -0.25) is 14.3 Å². The fourth-order valence-corrected chi connectivity index (χ4v) is 5.62. The Bertz CT molecular complexity index is 1100. The number of hydrogen-bond donors (Lipinski definition) is 0. The highest BCUT2D eigenvalue weighted by Gasteiger charge is 2.29. The third-order valence-electron chi connectivity index (χ3n) is 6.50. The molecule has 2 atom stereocenters. The van der Waals surface area contributed by atoms with Crippen LogP contribution in [0.15, 0.2) is 48.4 Å². The van der Waals surface area contributed by atoms with Crippen molar-refractivity contribution in [3.05, 3.63) is 60.2 Å². The van der Waals surface area contributed by atoms with Crippen molar-refractivity contribution >= 4 is 17.5 Å². The molecule has 0 aromatic carbocycles. The summed E-state index contributed by atoms with van der Waals surface area (Å²) in [5, 5.41) is 9.87. The molecule has 0 spiro atoms. The topological polar surface area (TPSA) is 65.6 Å². The fourth-order valence-electron chi connectivity index (χ4n) is 4.75. The van der Waals surface area contributed by atoms with Crippen molar-refractivity contribution in [1.29, 1.82) is 0 Å². The van der Waals surface area contributed by atoms with Crippen LogP contribution in [0, 0.1) is 19.8 Å². The Morgan fingerprint density at radius 3 is 2.81 bits per heavy atom. The van der Waals surface area contributed by atoms with E-state index in [1.54, 1.807) is 6.20 Å². The number of carbonyl (C=O) groups excluding carboxylic acids is 1. The Morgan fingerprint density at radius 1 is 1.28 bits per heavy atom. The summed E-state index contributed by atoms with van der Waals surface area (Å²) in [6, 6.07) is 6.27. The van der Waals surface area contributed by atoms with Crippen LogP contribution in [0.3, 0.4) is 0 Å². The van der Waals surface area contributed by atoms with E-state index < -0.39 is 0 Å². The van der Waals surface area contributed by atoms with Crippen LogP contribution in [0.2, 0.25) is 0 Å². The molecule has 0 radical (unpaired) electrons. The third-order valence-corrected chi connectivity index (χ3v) is 7.44. The molecule has 1 fully saturated rings. The van der Waals surface area contributed by atoms with Gasteiger partial charge >= 0.3 is 0 Å². The number of carbonyl (C=O) groups is 1. The van der Waals surface area contributed by atoms with E-state index in [1.165, 1.54) is 31.0 Å². The number of hydrogen-bond acceptors (Lipinski definition) is 5. The molecule has 0 unspecified atom stereocenters. The lowest BCUT2D eigenvalue weighted by Gasteiger charge is -2.31. The van der Waals surface area contributed by atoms with Crippen LogP contribution in [0.5, 0.6) is 0 Å². The van der Waals surface area contributed by atoms with Crippen molar-refractivity contribution < 1.29 is 4.79 Å². The SMILES string of the molecule is C=CCn1c(C)cc(C(=O)CSc2nnc(-c3cccnc3)n2[C@@H]2CCCC[C@H]2C)c1C. The zero-order valence-corrected chi connectivity index (χ0v) is 19.9. The molecule has 3 aromatic heterocycles. The summed E-state index contributed by atoms with van der Waals surface area (Å²) in [4.78, 5) is 17.4. The number of Topliss-reactive ketones (excluding diaryl/α,β-unsaturated/α-hetero) is 1. The first-order valence-electron chi connectivity index (χ1n) is 11.3. The molecule has 0 bridgehead atoms.